The highest BCUT2D eigenvalue weighted by atomic mass is 79.9. The summed E-state index contributed by atoms with van der Waals surface area (Å²) in [4.78, 5) is 18.7. The van der Waals surface area contributed by atoms with Gasteiger partial charge in [0, 0.05) is 9.35 Å². The van der Waals surface area contributed by atoms with Gasteiger partial charge >= 0.3 is 5.69 Å². The number of aromatic nitrogens is 2. The second-order valence-corrected chi connectivity index (χ2v) is 5.11. The molecule has 2 aromatic rings. The van der Waals surface area contributed by atoms with Crippen LogP contribution in [0.4, 0.5) is 17.3 Å². The van der Waals surface area contributed by atoms with Crippen LogP contribution in [0.1, 0.15) is 4.88 Å². The van der Waals surface area contributed by atoms with Gasteiger partial charge in [0.15, 0.2) is 0 Å². The molecule has 0 saturated carbocycles. The van der Waals surface area contributed by atoms with Gasteiger partial charge in [0.05, 0.1) is 11.5 Å². The van der Waals surface area contributed by atoms with E-state index in [0.29, 0.717) is 6.54 Å². The Labute approximate surface area is 114 Å². The van der Waals surface area contributed by atoms with Gasteiger partial charge in [0.1, 0.15) is 6.33 Å². The molecule has 0 unspecified atom stereocenters. The zero-order valence-electron chi connectivity index (χ0n) is 8.96. The molecular weight excluding hydrogens is 322 g/mol. The van der Waals surface area contributed by atoms with Crippen LogP contribution in [0.25, 0.3) is 0 Å². The van der Waals surface area contributed by atoms with Gasteiger partial charge in [-0.1, -0.05) is 0 Å². The molecule has 0 radical (unpaired) electrons. The van der Waals surface area contributed by atoms with Crippen molar-refractivity contribution in [3.8, 4) is 0 Å². The Morgan fingerprint density at radius 3 is 2.94 bits per heavy atom. The highest BCUT2D eigenvalue weighted by molar-refractivity contribution is 9.10. The maximum absolute atomic E-state index is 10.9. The third kappa shape index (κ3) is 2.57. The molecule has 0 aliphatic rings. The minimum Gasteiger partial charge on any atom is -0.378 e. The number of nitro groups is 1. The number of nitrogen functional groups attached to an aromatic ring is 1. The minimum absolute atomic E-state index is 0.118. The summed E-state index contributed by atoms with van der Waals surface area (Å²) in [5.41, 5.74) is 5.16. The highest BCUT2D eigenvalue weighted by Gasteiger charge is 2.20. The van der Waals surface area contributed by atoms with E-state index in [1.807, 2.05) is 11.4 Å². The average molecular weight is 330 g/mol. The van der Waals surface area contributed by atoms with Gasteiger partial charge in [0.2, 0.25) is 11.6 Å². The number of halogens is 1. The summed E-state index contributed by atoms with van der Waals surface area (Å²) >= 11 is 4.91. The molecule has 0 amide bonds. The van der Waals surface area contributed by atoms with E-state index < -0.39 is 4.92 Å². The lowest BCUT2D eigenvalue weighted by Gasteiger charge is -2.05. The Kier molecular flexibility index (Phi) is 3.72. The van der Waals surface area contributed by atoms with Gasteiger partial charge < -0.3 is 11.1 Å². The molecule has 0 saturated heterocycles. The summed E-state index contributed by atoms with van der Waals surface area (Å²) < 4.78 is 0.949. The van der Waals surface area contributed by atoms with Gasteiger partial charge in [-0.05, 0) is 27.4 Å². The lowest BCUT2D eigenvalue weighted by molar-refractivity contribution is -0.383. The summed E-state index contributed by atoms with van der Waals surface area (Å²) in [6.45, 7) is 0.426. The predicted molar refractivity (Wildman–Crippen MR) is 72.4 cm³/mol. The molecule has 0 atom stereocenters. The largest absolute Gasteiger partial charge is 0.378 e. The normalized spacial score (nSPS) is 10.3. The Morgan fingerprint density at radius 1 is 1.56 bits per heavy atom. The van der Waals surface area contributed by atoms with Crippen LogP contribution in [0.3, 0.4) is 0 Å². The van der Waals surface area contributed by atoms with Crippen LogP contribution in [0.2, 0.25) is 0 Å². The summed E-state index contributed by atoms with van der Waals surface area (Å²) in [5.74, 6) is -0.0319. The summed E-state index contributed by atoms with van der Waals surface area (Å²) in [7, 11) is 0. The van der Waals surface area contributed by atoms with Crippen LogP contribution in [0.15, 0.2) is 22.2 Å². The quantitative estimate of drug-likeness (QED) is 0.658. The molecule has 0 aromatic carbocycles. The van der Waals surface area contributed by atoms with Gasteiger partial charge in [-0.25, -0.2) is 9.97 Å². The first-order valence-corrected chi connectivity index (χ1v) is 6.47. The molecule has 0 aliphatic heterocycles. The smallest absolute Gasteiger partial charge is 0.352 e. The lowest BCUT2D eigenvalue weighted by Crippen LogP contribution is -2.07. The SMILES string of the molecule is Nc1ncnc(NCc2sccc2Br)c1[N+](=O)[O-]. The second kappa shape index (κ2) is 5.27. The van der Waals surface area contributed by atoms with Crippen LogP contribution in [0, 0.1) is 10.1 Å². The van der Waals surface area contributed by atoms with Crippen molar-refractivity contribution in [1.82, 2.24) is 9.97 Å². The van der Waals surface area contributed by atoms with Gasteiger partial charge in [-0.3, -0.25) is 10.1 Å². The topological polar surface area (TPSA) is 107 Å². The number of nitrogens with one attached hydrogen (secondary N) is 1. The van der Waals surface area contributed by atoms with Gasteiger partial charge in [0.25, 0.3) is 0 Å². The second-order valence-electron chi connectivity index (χ2n) is 3.26. The van der Waals surface area contributed by atoms with E-state index in [0.717, 1.165) is 9.35 Å². The van der Waals surface area contributed by atoms with Crippen LogP contribution in [-0.4, -0.2) is 14.9 Å². The molecular formula is C9H8BrN5O2S. The third-order valence-electron chi connectivity index (χ3n) is 2.14. The molecule has 2 rings (SSSR count). The number of nitrogens with zero attached hydrogens (tertiary/aromatic N) is 3. The fraction of sp³-hybridized carbons (Fsp3) is 0.111. The van der Waals surface area contributed by atoms with Crippen molar-refractivity contribution < 1.29 is 4.92 Å². The van der Waals surface area contributed by atoms with E-state index in [9.17, 15) is 10.1 Å². The fourth-order valence-electron chi connectivity index (χ4n) is 1.32. The van der Waals surface area contributed by atoms with Crippen LogP contribution >= 0.6 is 27.3 Å². The lowest BCUT2D eigenvalue weighted by atomic mass is 10.4. The molecule has 0 aliphatic carbocycles. The van der Waals surface area contributed by atoms with E-state index in [1.54, 1.807) is 0 Å². The minimum atomic E-state index is -0.596. The number of hydrogen-bond acceptors (Lipinski definition) is 7. The number of rotatable bonds is 4. The molecule has 3 N–H and O–H groups in total. The summed E-state index contributed by atoms with van der Waals surface area (Å²) in [6.07, 6.45) is 1.19. The molecule has 7 nitrogen and oxygen atoms in total. The Balaban J connectivity index is 2.22. The van der Waals surface area contributed by atoms with Gasteiger partial charge in [-0.2, -0.15) is 0 Å². The van der Waals surface area contributed by atoms with Crippen LogP contribution in [0.5, 0.6) is 0 Å². The van der Waals surface area contributed by atoms with E-state index in [-0.39, 0.29) is 17.3 Å². The summed E-state index contributed by atoms with van der Waals surface area (Å²) in [5, 5.41) is 15.7. The van der Waals surface area contributed by atoms with Crippen molar-refractivity contribution in [3.63, 3.8) is 0 Å². The van der Waals surface area contributed by atoms with Crippen molar-refractivity contribution in [2.45, 2.75) is 6.54 Å². The van der Waals surface area contributed by atoms with Crippen molar-refractivity contribution in [2.75, 3.05) is 11.1 Å². The zero-order chi connectivity index (χ0) is 13.1. The first-order valence-electron chi connectivity index (χ1n) is 4.80. The van der Waals surface area contributed by atoms with Crippen LogP contribution < -0.4 is 11.1 Å². The fourth-order valence-corrected chi connectivity index (χ4v) is 2.75. The maximum atomic E-state index is 10.9. The molecule has 18 heavy (non-hydrogen) atoms. The van der Waals surface area contributed by atoms with Crippen molar-refractivity contribution in [1.29, 1.82) is 0 Å². The van der Waals surface area contributed by atoms with E-state index in [2.05, 4.69) is 31.2 Å². The Bertz CT molecular complexity index is 588. The highest BCUT2D eigenvalue weighted by Crippen LogP contribution is 2.28. The average Bonchev–Trinajstić information content (AvgIpc) is 2.71. The molecule has 0 spiro atoms. The van der Waals surface area contributed by atoms with E-state index in [1.165, 1.54) is 17.7 Å². The Morgan fingerprint density at radius 2 is 2.33 bits per heavy atom. The van der Waals surface area contributed by atoms with Gasteiger partial charge in [-0.15, -0.1) is 11.3 Å². The molecule has 0 fully saturated rings. The first kappa shape index (κ1) is 12.7. The van der Waals surface area contributed by atoms with Crippen molar-refractivity contribution >= 4 is 44.6 Å². The predicted octanol–water partition coefficient (Wildman–Crippen LogP) is 2.40. The molecule has 0 bridgehead atoms. The Hall–Kier alpha value is -1.74. The first-order chi connectivity index (χ1) is 8.59. The molecule has 9 heteroatoms. The molecule has 2 aromatic heterocycles. The third-order valence-corrected chi connectivity index (χ3v) is 4.07. The van der Waals surface area contributed by atoms with Crippen molar-refractivity contribution in [2.24, 2.45) is 0 Å². The van der Waals surface area contributed by atoms with E-state index in [4.69, 9.17) is 5.73 Å². The maximum Gasteiger partial charge on any atom is 0.352 e. The number of hydrogen-bond donors (Lipinski definition) is 2. The monoisotopic (exact) mass is 329 g/mol. The number of anilines is 2. The van der Waals surface area contributed by atoms with Crippen LogP contribution in [-0.2, 0) is 6.54 Å². The standard InChI is InChI=1S/C9H8BrN5O2S/c10-5-1-2-18-6(5)3-12-9-7(15(16)17)8(11)13-4-14-9/h1-2,4H,3H2,(H3,11,12,13,14). The summed E-state index contributed by atoms with van der Waals surface area (Å²) in [6, 6.07) is 1.91. The number of thiophene rings is 1. The van der Waals surface area contributed by atoms with E-state index >= 15 is 0 Å². The number of nitrogens with two attached hydrogens (primary N) is 1. The zero-order valence-corrected chi connectivity index (χ0v) is 11.4. The van der Waals surface area contributed by atoms with Crippen molar-refractivity contribution in [3.05, 3.63) is 37.2 Å². The molecule has 2 heterocycles. The molecule has 94 valence electrons.